The zero-order chi connectivity index (χ0) is 18.9. The third-order valence-corrected chi connectivity index (χ3v) is 5.06. The highest BCUT2D eigenvalue weighted by atomic mass is 79.9. The van der Waals surface area contributed by atoms with Gasteiger partial charge in [-0.3, -0.25) is 28.8 Å². The first-order valence-electron chi connectivity index (χ1n) is 5.36. The molecule has 126 valence electrons. The maximum atomic E-state index is 11.9. The number of carbonyl (C=O) groups excluding carboxylic acids is 6. The molecule has 0 saturated carbocycles. The first kappa shape index (κ1) is 22.2. The van der Waals surface area contributed by atoms with E-state index in [9.17, 15) is 28.8 Å². The predicted octanol–water partition coefficient (Wildman–Crippen LogP) is 4.90. The maximum Gasteiger partial charge on any atom is 0.229 e. The van der Waals surface area contributed by atoms with Crippen LogP contribution in [0.3, 0.4) is 0 Å². The summed E-state index contributed by atoms with van der Waals surface area (Å²) >= 11 is 15.7. The van der Waals surface area contributed by atoms with Crippen LogP contribution in [0.25, 0.3) is 0 Å². The second-order valence-electron chi connectivity index (χ2n) is 3.89. The van der Waals surface area contributed by atoms with Gasteiger partial charge < -0.3 is 0 Å². The lowest BCUT2D eigenvalue weighted by Crippen LogP contribution is -2.21. The molecule has 0 spiro atoms. The van der Waals surface area contributed by atoms with E-state index >= 15 is 0 Å². The number of halogens is 6. The highest BCUT2D eigenvalue weighted by molar-refractivity contribution is 9.19. The molecule has 1 rings (SSSR count). The molecule has 0 atom stereocenters. The van der Waals surface area contributed by atoms with Gasteiger partial charge in [-0.05, 0) is 95.6 Å². The molecule has 24 heavy (non-hydrogen) atoms. The van der Waals surface area contributed by atoms with Crippen LogP contribution >= 0.6 is 95.6 Å². The topological polar surface area (TPSA) is 102 Å². The van der Waals surface area contributed by atoms with Gasteiger partial charge in [-0.25, -0.2) is 0 Å². The zero-order valence-electron chi connectivity index (χ0n) is 10.7. The Hall–Kier alpha value is 0.120. The lowest BCUT2D eigenvalue weighted by atomic mass is 9.89. The van der Waals surface area contributed by atoms with Gasteiger partial charge in [0.2, 0.25) is 28.2 Å². The molecule has 0 fully saturated rings. The van der Waals surface area contributed by atoms with Crippen molar-refractivity contribution in [3.8, 4) is 0 Å². The van der Waals surface area contributed by atoms with Gasteiger partial charge in [-0.1, -0.05) is 0 Å². The predicted molar refractivity (Wildman–Crippen MR) is 106 cm³/mol. The summed E-state index contributed by atoms with van der Waals surface area (Å²) in [4.78, 5) is 71.7. The van der Waals surface area contributed by atoms with E-state index in [4.69, 9.17) is 0 Å². The molecule has 0 aliphatic heterocycles. The van der Waals surface area contributed by atoms with Crippen LogP contribution in [0.15, 0.2) is 0 Å². The van der Waals surface area contributed by atoms with Crippen LogP contribution in [0, 0.1) is 0 Å². The monoisotopic (exact) mass is 713 g/mol. The largest absolute Gasteiger partial charge is 0.281 e. The van der Waals surface area contributed by atoms with Crippen molar-refractivity contribution in [1.29, 1.82) is 0 Å². The second kappa shape index (κ2) is 8.67. The number of hydrogen-bond acceptors (Lipinski definition) is 6. The first-order valence-corrected chi connectivity index (χ1v) is 10.1. The molecular formula is C12Br6O6. The molecular weight excluding hydrogens is 720 g/mol. The Balaban J connectivity index is 4.50. The molecule has 0 heterocycles. The normalized spacial score (nSPS) is 10.2. The van der Waals surface area contributed by atoms with E-state index in [1.165, 1.54) is 0 Å². The minimum absolute atomic E-state index is 0.540. The quantitative estimate of drug-likeness (QED) is 0.388. The fraction of sp³-hybridized carbons (Fsp3) is 0. The highest BCUT2D eigenvalue weighted by Gasteiger charge is 2.36. The van der Waals surface area contributed by atoms with Gasteiger partial charge in [0.15, 0.2) is 0 Å². The van der Waals surface area contributed by atoms with Crippen molar-refractivity contribution >= 4 is 124 Å². The van der Waals surface area contributed by atoms with Crippen LogP contribution in [0.5, 0.6) is 0 Å². The summed E-state index contributed by atoms with van der Waals surface area (Å²) in [6.07, 6.45) is 0. The van der Waals surface area contributed by atoms with Crippen molar-refractivity contribution in [3.05, 3.63) is 33.4 Å². The molecule has 1 aromatic carbocycles. The van der Waals surface area contributed by atoms with Gasteiger partial charge in [-0.2, -0.15) is 0 Å². The number of rotatable bonds is 6. The lowest BCUT2D eigenvalue weighted by Gasteiger charge is -2.17. The van der Waals surface area contributed by atoms with E-state index < -0.39 is 61.5 Å². The number of hydrogen-bond donors (Lipinski definition) is 0. The molecule has 6 nitrogen and oxygen atoms in total. The van der Waals surface area contributed by atoms with Gasteiger partial charge in [-0.15, -0.1) is 0 Å². The van der Waals surface area contributed by atoms with Crippen LogP contribution in [0.4, 0.5) is 0 Å². The lowest BCUT2D eigenvalue weighted by molar-refractivity contribution is 0.103. The van der Waals surface area contributed by atoms with Gasteiger partial charge in [0.25, 0.3) is 0 Å². The smallest absolute Gasteiger partial charge is 0.229 e. The summed E-state index contributed by atoms with van der Waals surface area (Å²) in [6, 6.07) is 0. The summed E-state index contributed by atoms with van der Waals surface area (Å²) < 4.78 is -5.63. The molecule has 0 unspecified atom stereocenters. The Labute approximate surface area is 184 Å². The van der Waals surface area contributed by atoms with Gasteiger partial charge in [0.1, 0.15) is 0 Å². The van der Waals surface area contributed by atoms with Gasteiger partial charge >= 0.3 is 0 Å². The van der Waals surface area contributed by atoms with Crippen LogP contribution < -0.4 is 0 Å². The van der Waals surface area contributed by atoms with E-state index in [1.807, 2.05) is 0 Å². The fourth-order valence-corrected chi connectivity index (χ4v) is 4.31. The summed E-state index contributed by atoms with van der Waals surface area (Å²) in [5.74, 6) is 0. The van der Waals surface area contributed by atoms with Crippen LogP contribution in [-0.2, 0) is 0 Å². The van der Waals surface area contributed by atoms with Crippen molar-refractivity contribution in [2.45, 2.75) is 0 Å². The highest BCUT2D eigenvalue weighted by Crippen LogP contribution is 2.36. The van der Waals surface area contributed by atoms with Gasteiger partial charge in [0, 0.05) is 0 Å². The SMILES string of the molecule is O=C(Br)c1c(C(=O)Br)c(C(=O)Br)c(C(=O)Br)c(C(=O)Br)c1C(=O)Br. The molecule has 12 heteroatoms. The zero-order valence-corrected chi connectivity index (χ0v) is 20.2. The first-order chi connectivity index (χ1) is 10.9. The van der Waals surface area contributed by atoms with E-state index in [2.05, 4.69) is 95.6 Å². The van der Waals surface area contributed by atoms with E-state index in [0.29, 0.717) is 0 Å². The average Bonchev–Trinajstić information content (AvgIpc) is 2.42. The molecule has 0 aromatic heterocycles. The second-order valence-corrected chi connectivity index (χ2v) is 8.21. The molecule has 0 amide bonds. The van der Waals surface area contributed by atoms with Crippen LogP contribution in [0.2, 0.25) is 0 Å². The van der Waals surface area contributed by atoms with Crippen molar-refractivity contribution in [3.63, 3.8) is 0 Å². The maximum absolute atomic E-state index is 11.9. The third-order valence-electron chi connectivity index (χ3n) is 2.68. The van der Waals surface area contributed by atoms with E-state index in [-0.39, 0.29) is 0 Å². The van der Waals surface area contributed by atoms with Crippen molar-refractivity contribution in [1.82, 2.24) is 0 Å². The molecule has 0 saturated heterocycles. The molecule has 0 aliphatic rings. The van der Waals surface area contributed by atoms with E-state index in [1.54, 1.807) is 0 Å². The fourth-order valence-electron chi connectivity index (χ4n) is 1.93. The van der Waals surface area contributed by atoms with Crippen molar-refractivity contribution < 1.29 is 28.8 Å². The number of benzene rings is 1. The Morgan fingerprint density at radius 1 is 0.333 bits per heavy atom. The average molecular weight is 720 g/mol. The van der Waals surface area contributed by atoms with Crippen molar-refractivity contribution in [2.24, 2.45) is 0 Å². The minimum Gasteiger partial charge on any atom is -0.281 e. The third kappa shape index (κ3) is 4.26. The molecule has 0 radical (unpaired) electrons. The van der Waals surface area contributed by atoms with E-state index in [0.717, 1.165) is 0 Å². The summed E-state index contributed by atoms with van der Waals surface area (Å²) in [5.41, 5.74) is -3.24. The minimum atomic E-state index is -0.938. The molecule has 0 aliphatic carbocycles. The Morgan fingerprint density at radius 2 is 0.417 bits per heavy atom. The Morgan fingerprint density at radius 3 is 0.458 bits per heavy atom. The van der Waals surface area contributed by atoms with Crippen molar-refractivity contribution in [2.75, 3.05) is 0 Å². The summed E-state index contributed by atoms with van der Waals surface area (Å²) in [5, 5.41) is 0. The van der Waals surface area contributed by atoms with Crippen LogP contribution in [-0.4, -0.2) is 28.2 Å². The standard InChI is InChI=1S/C12Br6O6/c13-7(19)1-2(8(14)20)4(10(16)22)6(12(18)24)5(11(17)23)3(1)9(15)21. The van der Waals surface area contributed by atoms with Crippen LogP contribution in [0.1, 0.15) is 62.1 Å². The summed E-state index contributed by atoms with van der Waals surface area (Å²) in [6.45, 7) is 0. The number of carbonyl (C=O) groups is 6. The summed E-state index contributed by atoms with van der Waals surface area (Å²) in [7, 11) is 0. The molecule has 0 N–H and O–H groups in total. The van der Waals surface area contributed by atoms with Gasteiger partial charge in [0.05, 0.1) is 33.4 Å². The molecule has 0 bridgehead atoms. The Bertz CT molecular complexity index is 645. The Kier molecular flexibility index (Phi) is 8.01. The molecule has 1 aromatic rings.